The molecule has 1 aliphatic carbocycles. The van der Waals surface area contributed by atoms with Gasteiger partial charge in [-0.2, -0.15) is 0 Å². The van der Waals surface area contributed by atoms with Gasteiger partial charge in [-0.3, -0.25) is 4.79 Å². The Morgan fingerprint density at radius 2 is 2.45 bits per heavy atom. The highest BCUT2D eigenvalue weighted by atomic mass is 16.7. The molecule has 0 aromatic rings. The Balaban J connectivity index is 2.35. The number of allylic oxidation sites excluding steroid dienone is 1. The van der Waals surface area contributed by atoms with Crippen molar-refractivity contribution in [1.82, 2.24) is 0 Å². The summed E-state index contributed by atoms with van der Waals surface area (Å²) in [5.41, 5.74) is 0.797. The molecule has 1 atom stereocenters. The molecule has 0 N–H and O–H groups in total. The summed E-state index contributed by atoms with van der Waals surface area (Å²) in [6, 6.07) is 0. The number of ketones is 1. The SMILES string of the molecule is COCOC1C=C(C)C(=O)C1. The Bertz CT molecular complexity index is 184. The first-order valence-electron chi connectivity index (χ1n) is 3.56. The molecule has 0 aromatic carbocycles. The Morgan fingerprint density at radius 1 is 1.73 bits per heavy atom. The molecule has 0 aromatic heterocycles. The van der Waals surface area contributed by atoms with Gasteiger partial charge in [0.2, 0.25) is 0 Å². The van der Waals surface area contributed by atoms with Crippen molar-refractivity contribution in [3.8, 4) is 0 Å². The third kappa shape index (κ3) is 2.13. The van der Waals surface area contributed by atoms with Crippen LogP contribution in [-0.4, -0.2) is 25.8 Å². The fourth-order valence-corrected chi connectivity index (χ4v) is 1.04. The average molecular weight is 156 g/mol. The quantitative estimate of drug-likeness (QED) is 0.569. The molecule has 1 aliphatic rings. The number of ether oxygens (including phenoxy) is 2. The van der Waals surface area contributed by atoms with E-state index in [2.05, 4.69) is 0 Å². The number of hydrogen-bond donors (Lipinski definition) is 0. The number of carbonyl (C=O) groups excluding carboxylic acids is 1. The normalized spacial score (nSPS) is 24.0. The summed E-state index contributed by atoms with van der Waals surface area (Å²) in [6.45, 7) is 2.06. The predicted octanol–water partition coefficient (Wildman–Crippen LogP) is 0.895. The smallest absolute Gasteiger partial charge is 0.161 e. The third-order valence-corrected chi connectivity index (χ3v) is 1.66. The van der Waals surface area contributed by atoms with Crippen LogP contribution in [0.5, 0.6) is 0 Å². The van der Waals surface area contributed by atoms with Crippen molar-refractivity contribution in [2.45, 2.75) is 19.4 Å². The van der Waals surface area contributed by atoms with Gasteiger partial charge in [0.1, 0.15) is 6.79 Å². The number of Topliss-reactive ketones (excluding diaryl/α,β-unsaturated/α-hetero) is 1. The van der Waals surface area contributed by atoms with Crippen LogP contribution in [0.3, 0.4) is 0 Å². The van der Waals surface area contributed by atoms with Crippen LogP contribution in [0, 0.1) is 0 Å². The second-order valence-electron chi connectivity index (χ2n) is 2.59. The molecule has 1 unspecified atom stereocenters. The van der Waals surface area contributed by atoms with E-state index in [-0.39, 0.29) is 18.7 Å². The number of hydrogen-bond acceptors (Lipinski definition) is 3. The molecule has 0 heterocycles. The van der Waals surface area contributed by atoms with Crippen molar-refractivity contribution in [3.63, 3.8) is 0 Å². The predicted molar refractivity (Wildman–Crippen MR) is 40.1 cm³/mol. The molecule has 1 rings (SSSR count). The monoisotopic (exact) mass is 156 g/mol. The highest BCUT2D eigenvalue weighted by Gasteiger charge is 2.20. The highest BCUT2D eigenvalue weighted by Crippen LogP contribution is 2.16. The number of methoxy groups -OCH3 is 1. The van der Waals surface area contributed by atoms with E-state index in [1.165, 1.54) is 0 Å². The Hall–Kier alpha value is -0.670. The topological polar surface area (TPSA) is 35.5 Å². The van der Waals surface area contributed by atoms with Gasteiger partial charge in [0, 0.05) is 13.5 Å². The third-order valence-electron chi connectivity index (χ3n) is 1.66. The molecule has 3 nitrogen and oxygen atoms in total. The lowest BCUT2D eigenvalue weighted by Gasteiger charge is -2.06. The van der Waals surface area contributed by atoms with Gasteiger partial charge in [-0.1, -0.05) is 0 Å². The van der Waals surface area contributed by atoms with Gasteiger partial charge in [-0.25, -0.2) is 0 Å². The zero-order valence-electron chi connectivity index (χ0n) is 6.79. The summed E-state index contributed by atoms with van der Waals surface area (Å²) < 4.78 is 9.88. The summed E-state index contributed by atoms with van der Waals surface area (Å²) >= 11 is 0. The molecule has 0 amide bonds. The second kappa shape index (κ2) is 3.64. The van der Waals surface area contributed by atoms with E-state index in [0.717, 1.165) is 5.57 Å². The van der Waals surface area contributed by atoms with Gasteiger partial charge in [0.15, 0.2) is 5.78 Å². The molecular formula is C8H12O3. The maximum absolute atomic E-state index is 11.0. The van der Waals surface area contributed by atoms with Crippen molar-refractivity contribution in [2.24, 2.45) is 0 Å². The van der Waals surface area contributed by atoms with Crippen LogP contribution in [0.1, 0.15) is 13.3 Å². The summed E-state index contributed by atoms with van der Waals surface area (Å²) in [6.07, 6.45) is 2.23. The van der Waals surface area contributed by atoms with Gasteiger partial charge in [-0.15, -0.1) is 0 Å². The summed E-state index contributed by atoms with van der Waals surface area (Å²) in [7, 11) is 1.56. The van der Waals surface area contributed by atoms with Crippen LogP contribution >= 0.6 is 0 Å². The average Bonchev–Trinajstić information content (AvgIpc) is 2.28. The summed E-state index contributed by atoms with van der Waals surface area (Å²) in [5, 5.41) is 0. The van der Waals surface area contributed by atoms with Crippen molar-refractivity contribution in [2.75, 3.05) is 13.9 Å². The van der Waals surface area contributed by atoms with Crippen LogP contribution in [0.25, 0.3) is 0 Å². The first-order valence-corrected chi connectivity index (χ1v) is 3.56. The van der Waals surface area contributed by atoms with Gasteiger partial charge < -0.3 is 9.47 Å². The van der Waals surface area contributed by atoms with Crippen molar-refractivity contribution < 1.29 is 14.3 Å². The fraction of sp³-hybridized carbons (Fsp3) is 0.625. The van der Waals surface area contributed by atoms with Crippen LogP contribution in [-0.2, 0) is 14.3 Å². The molecular weight excluding hydrogens is 144 g/mol. The summed E-state index contributed by atoms with van der Waals surface area (Å²) in [5.74, 6) is 0.172. The zero-order valence-corrected chi connectivity index (χ0v) is 6.79. The maximum atomic E-state index is 11.0. The summed E-state index contributed by atoms with van der Waals surface area (Å²) in [4.78, 5) is 11.0. The molecule has 0 fully saturated rings. The van der Waals surface area contributed by atoms with Crippen molar-refractivity contribution in [1.29, 1.82) is 0 Å². The van der Waals surface area contributed by atoms with E-state index >= 15 is 0 Å². The first kappa shape index (κ1) is 8.43. The van der Waals surface area contributed by atoms with E-state index < -0.39 is 0 Å². The molecule has 3 heteroatoms. The highest BCUT2D eigenvalue weighted by molar-refractivity contribution is 5.97. The molecule has 11 heavy (non-hydrogen) atoms. The van der Waals surface area contributed by atoms with E-state index in [1.807, 2.05) is 6.08 Å². The lowest BCUT2D eigenvalue weighted by molar-refractivity contribution is -0.118. The zero-order chi connectivity index (χ0) is 8.27. The Morgan fingerprint density at radius 3 is 2.91 bits per heavy atom. The van der Waals surface area contributed by atoms with Crippen molar-refractivity contribution >= 4 is 5.78 Å². The second-order valence-corrected chi connectivity index (χ2v) is 2.59. The van der Waals surface area contributed by atoms with Crippen LogP contribution in [0.4, 0.5) is 0 Å². The number of carbonyl (C=O) groups is 1. The molecule has 0 saturated heterocycles. The lowest BCUT2D eigenvalue weighted by Crippen LogP contribution is -2.10. The minimum Gasteiger partial charge on any atom is -0.359 e. The molecule has 0 radical (unpaired) electrons. The van der Waals surface area contributed by atoms with Gasteiger partial charge in [0.05, 0.1) is 6.10 Å². The van der Waals surface area contributed by atoms with E-state index in [9.17, 15) is 4.79 Å². The largest absolute Gasteiger partial charge is 0.359 e. The Labute approximate surface area is 66.0 Å². The lowest BCUT2D eigenvalue weighted by atomic mass is 10.2. The Kier molecular flexibility index (Phi) is 2.79. The van der Waals surface area contributed by atoms with Gasteiger partial charge in [-0.05, 0) is 18.6 Å². The van der Waals surface area contributed by atoms with Gasteiger partial charge >= 0.3 is 0 Å². The van der Waals surface area contributed by atoms with E-state index in [0.29, 0.717) is 6.42 Å². The minimum atomic E-state index is -0.0672. The molecule has 0 saturated carbocycles. The van der Waals surface area contributed by atoms with E-state index in [1.54, 1.807) is 14.0 Å². The fourth-order valence-electron chi connectivity index (χ4n) is 1.04. The van der Waals surface area contributed by atoms with Crippen molar-refractivity contribution in [3.05, 3.63) is 11.6 Å². The van der Waals surface area contributed by atoms with Gasteiger partial charge in [0.25, 0.3) is 0 Å². The molecule has 0 spiro atoms. The molecule has 0 aliphatic heterocycles. The first-order chi connectivity index (χ1) is 5.24. The standard InChI is InChI=1S/C8H12O3/c1-6-3-7(4-8(6)9)11-5-10-2/h3,7H,4-5H2,1-2H3. The minimum absolute atomic E-state index is 0.0672. The van der Waals surface area contributed by atoms with Crippen LogP contribution in [0.15, 0.2) is 11.6 Å². The molecule has 0 bridgehead atoms. The van der Waals surface area contributed by atoms with Crippen LogP contribution < -0.4 is 0 Å². The maximum Gasteiger partial charge on any atom is 0.161 e. The number of rotatable bonds is 3. The van der Waals surface area contributed by atoms with Crippen LogP contribution in [0.2, 0.25) is 0 Å². The van der Waals surface area contributed by atoms with E-state index in [4.69, 9.17) is 9.47 Å². The molecule has 62 valence electrons.